The molecule has 0 spiro atoms. The van der Waals surface area contributed by atoms with Gasteiger partial charge in [-0.3, -0.25) is 9.20 Å². The van der Waals surface area contributed by atoms with Gasteiger partial charge in [0.2, 0.25) is 21.9 Å². The van der Waals surface area contributed by atoms with Crippen molar-refractivity contribution in [1.82, 2.24) is 23.7 Å². The lowest BCUT2D eigenvalue weighted by atomic mass is 10.1. The van der Waals surface area contributed by atoms with Crippen molar-refractivity contribution >= 4 is 49.6 Å². The van der Waals surface area contributed by atoms with E-state index in [4.69, 9.17) is 9.97 Å². The fourth-order valence-electron chi connectivity index (χ4n) is 4.56. The molecule has 216 valence electrons. The molecule has 12 heteroatoms. The summed E-state index contributed by atoms with van der Waals surface area (Å²) >= 11 is 1.51. The van der Waals surface area contributed by atoms with Crippen LogP contribution >= 0.6 is 11.3 Å². The van der Waals surface area contributed by atoms with Crippen LogP contribution in [0, 0.1) is 0 Å². The quantitative estimate of drug-likeness (QED) is 0.216. The second kappa shape index (κ2) is 11.8. The Balaban J connectivity index is 1.28. The van der Waals surface area contributed by atoms with E-state index in [0.717, 1.165) is 21.8 Å². The largest absolute Gasteiger partial charge is 0.326 e. The molecule has 0 aliphatic rings. The summed E-state index contributed by atoms with van der Waals surface area (Å²) < 4.78 is 28.0. The average molecular weight is 610 g/mol. The minimum atomic E-state index is -3.53. The first-order valence-electron chi connectivity index (χ1n) is 13.3. The molecule has 0 saturated heterocycles. The highest BCUT2D eigenvalue weighted by atomic mass is 32.2. The van der Waals surface area contributed by atoms with Crippen LogP contribution in [-0.2, 0) is 21.2 Å². The van der Waals surface area contributed by atoms with Gasteiger partial charge >= 0.3 is 0 Å². The SMILES string of the molecule is CN(C)S(=O)(=O)c1ccc(Nc2nccc(-c3c(-c4cccc(NC(=O)Cc5ccccc5)c4)nc4sccn34)n2)cc1. The zero-order valence-corrected chi connectivity index (χ0v) is 24.9. The number of rotatable bonds is 9. The lowest BCUT2D eigenvalue weighted by Crippen LogP contribution is -2.22. The third-order valence-electron chi connectivity index (χ3n) is 6.68. The number of sulfonamides is 1. The number of thiazole rings is 1. The Hall–Kier alpha value is -4.91. The van der Waals surface area contributed by atoms with Gasteiger partial charge < -0.3 is 10.6 Å². The van der Waals surface area contributed by atoms with Gasteiger partial charge in [0.25, 0.3) is 0 Å². The molecule has 1 amide bonds. The number of aromatic nitrogens is 4. The van der Waals surface area contributed by atoms with Crippen LogP contribution in [0.25, 0.3) is 27.6 Å². The number of carbonyl (C=O) groups excluding carboxylic acids is 1. The number of carbonyl (C=O) groups is 1. The van der Waals surface area contributed by atoms with Gasteiger partial charge in [-0.05, 0) is 48.0 Å². The van der Waals surface area contributed by atoms with Gasteiger partial charge in [0, 0.05) is 48.8 Å². The molecular weight excluding hydrogens is 583 g/mol. The number of fused-ring (bicyclic) bond motifs is 1. The van der Waals surface area contributed by atoms with Crippen LogP contribution < -0.4 is 10.6 Å². The molecule has 43 heavy (non-hydrogen) atoms. The molecule has 0 unspecified atom stereocenters. The number of hydrogen-bond donors (Lipinski definition) is 2. The number of anilines is 3. The predicted molar refractivity (Wildman–Crippen MR) is 169 cm³/mol. The molecule has 10 nitrogen and oxygen atoms in total. The summed E-state index contributed by atoms with van der Waals surface area (Å²) in [4.78, 5) is 27.7. The molecule has 3 heterocycles. The van der Waals surface area contributed by atoms with E-state index >= 15 is 0 Å². The van der Waals surface area contributed by atoms with E-state index in [0.29, 0.717) is 28.7 Å². The molecule has 0 aliphatic carbocycles. The molecule has 3 aromatic carbocycles. The summed E-state index contributed by atoms with van der Waals surface area (Å²) in [5.74, 6) is 0.243. The number of amides is 1. The summed E-state index contributed by atoms with van der Waals surface area (Å²) in [6.07, 6.45) is 3.88. The molecule has 0 aliphatic heterocycles. The first kappa shape index (κ1) is 28.2. The van der Waals surface area contributed by atoms with Gasteiger partial charge in [0.05, 0.1) is 22.7 Å². The molecular formula is C31H27N7O3S2. The van der Waals surface area contributed by atoms with Crippen molar-refractivity contribution in [3.63, 3.8) is 0 Å². The number of benzene rings is 3. The van der Waals surface area contributed by atoms with Crippen molar-refractivity contribution in [3.8, 4) is 22.6 Å². The minimum absolute atomic E-state index is 0.103. The van der Waals surface area contributed by atoms with Crippen molar-refractivity contribution in [2.24, 2.45) is 0 Å². The van der Waals surface area contributed by atoms with Crippen LogP contribution in [-0.4, -0.2) is 52.1 Å². The first-order chi connectivity index (χ1) is 20.8. The normalized spacial score (nSPS) is 11.6. The Morgan fingerprint density at radius 3 is 2.49 bits per heavy atom. The second-order valence-corrected chi connectivity index (χ2v) is 12.9. The van der Waals surface area contributed by atoms with Gasteiger partial charge in [-0.1, -0.05) is 42.5 Å². The van der Waals surface area contributed by atoms with Crippen molar-refractivity contribution in [1.29, 1.82) is 0 Å². The van der Waals surface area contributed by atoms with Crippen molar-refractivity contribution in [3.05, 3.63) is 108 Å². The number of hydrogen-bond acceptors (Lipinski definition) is 8. The molecule has 0 saturated carbocycles. The van der Waals surface area contributed by atoms with Crippen LogP contribution in [0.1, 0.15) is 5.56 Å². The minimum Gasteiger partial charge on any atom is -0.326 e. The topological polar surface area (TPSA) is 122 Å². The van der Waals surface area contributed by atoms with E-state index in [9.17, 15) is 13.2 Å². The fraction of sp³-hybridized carbons (Fsp3) is 0.0968. The third-order valence-corrected chi connectivity index (χ3v) is 9.26. The maximum absolute atomic E-state index is 12.7. The van der Waals surface area contributed by atoms with Crippen LogP contribution in [0.2, 0.25) is 0 Å². The van der Waals surface area contributed by atoms with Gasteiger partial charge in [0.1, 0.15) is 5.69 Å². The predicted octanol–water partition coefficient (Wildman–Crippen LogP) is 5.69. The maximum Gasteiger partial charge on any atom is 0.242 e. The lowest BCUT2D eigenvalue weighted by molar-refractivity contribution is -0.115. The van der Waals surface area contributed by atoms with E-state index < -0.39 is 10.0 Å². The molecule has 2 N–H and O–H groups in total. The van der Waals surface area contributed by atoms with E-state index in [1.165, 1.54) is 41.9 Å². The summed E-state index contributed by atoms with van der Waals surface area (Å²) in [7, 11) is -0.542. The van der Waals surface area contributed by atoms with Crippen LogP contribution in [0.3, 0.4) is 0 Å². The van der Waals surface area contributed by atoms with Gasteiger partial charge in [-0.15, -0.1) is 11.3 Å². The molecule has 0 bridgehead atoms. The monoisotopic (exact) mass is 609 g/mol. The second-order valence-electron chi connectivity index (χ2n) is 9.86. The highest BCUT2D eigenvalue weighted by Gasteiger charge is 2.20. The molecule has 6 rings (SSSR count). The van der Waals surface area contributed by atoms with E-state index in [2.05, 4.69) is 15.6 Å². The average Bonchev–Trinajstić information content (AvgIpc) is 3.60. The van der Waals surface area contributed by atoms with E-state index in [-0.39, 0.29) is 17.2 Å². The van der Waals surface area contributed by atoms with Crippen molar-refractivity contribution < 1.29 is 13.2 Å². The summed E-state index contributed by atoms with van der Waals surface area (Å²) in [5, 5.41) is 8.11. The number of nitrogens with one attached hydrogen (secondary N) is 2. The molecule has 6 aromatic rings. The highest BCUT2D eigenvalue weighted by Crippen LogP contribution is 2.35. The zero-order valence-electron chi connectivity index (χ0n) is 23.3. The van der Waals surface area contributed by atoms with Crippen LogP contribution in [0.5, 0.6) is 0 Å². The van der Waals surface area contributed by atoms with Gasteiger partial charge in [0.15, 0.2) is 4.96 Å². The lowest BCUT2D eigenvalue weighted by Gasteiger charge is -2.12. The van der Waals surface area contributed by atoms with Gasteiger partial charge in [-0.2, -0.15) is 0 Å². The molecule has 0 fully saturated rings. The zero-order chi connectivity index (χ0) is 30.0. The van der Waals surface area contributed by atoms with Crippen molar-refractivity contribution in [2.75, 3.05) is 24.7 Å². The Bertz CT molecular complexity index is 2020. The maximum atomic E-state index is 12.7. The summed E-state index contributed by atoms with van der Waals surface area (Å²) in [6, 6.07) is 25.4. The Morgan fingerprint density at radius 1 is 0.930 bits per heavy atom. The Kier molecular flexibility index (Phi) is 7.72. The van der Waals surface area contributed by atoms with Crippen LogP contribution in [0.15, 0.2) is 108 Å². The smallest absolute Gasteiger partial charge is 0.242 e. The van der Waals surface area contributed by atoms with Crippen molar-refractivity contribution in [2.45, 2.75) is 11.3 Å². The van der Waals surface area contributed by atoms with Gasteiger partial charge in [-0.25, -0.2) is 27.7 Å². The molecule has 0 radical (unpaired) electrons. The summed E-state index contributed by atoms with van der Waals surface area (Å²) in [5.41, 5.74) is 5.22. The number of imidazole rings is 1. The summed E-state index contributed by atoms with van der Waals surface area (Å²) in [6.45, 7) is 0. The molecule has 3 aromatic heterocycles. The number of nitrogens with zero attached hydrogens (tertiary/aromatic N) is 5. The van der Waals surface area contributed by atoms with E-state index in [1.807, 2.05) is 76.6 Å². The van der Waals surface area contributed by atoms with Crippen LogP contribution in [0.4, 0.5) is 17.3 Å². The first-order valence-corrected chi connectivity index (χ1v) is 15.6. The Labute approximate surface area is 252 Å². The Morgan fingerprint density at radius 2 is 1.72 bits per heavy atom. The third kappa shape index (κ3) is 6.02. The fourth-order valence-corrected chi connectivity index (χ4v) is 6.18. The standard InChI is InChI=1S/C31H27N7O3S2/c1-37(2)43(40,41)25-13-11-23(12-14-25)34-30-32-16-15-26(35-30)29-28(36-31-38(29)17-18-42-31)22-9-6-10-24(20-22)33-27(39)19-21-7-4-3-5-8-21/h3-18,20H,19H2,1-2H3,(H,33,39)(H,32,34,35). The highest BCUT2D eigenvalue weighted by molar-refractivity contribution is 7.89. The molecule has 0 atom stereocenters. The van der Waals surface area contributed by atoms with E-state index in [1.54, 1.807) is 18.3 Å².